The molecule has 0 saturated heterocycles. The summed E-state index contributed by atoms with van der Waals surface area (Å²) in [4.78, 5) is 28.0. The Balaban J connectivity index is 0.00000124. The molecule has 1 aliphatic carbocycles. The zero-order valence-corrected chi connectivity index (χ0v) is 16.9. The first-order chi connectivity index (χ1) is 14.3. The summed E-state index contributed by atoms with van der Waals surface area (Å²) in [5, 5.41) is 18.6. The molecule has 1 fully saturated rings. The lowest BCUT2D eigenvalue weighted by Crippen LogP contribution is -2.19. The summed E-state index contributed by atoms with van der Waals surface area (Å²) in [7, 11) is 0. The van der Waals surface area contributed by atoms with Crippen molar-refractivity contribution in [2.24, 2.45) is 0 Å². The van der Waals surface area contributed by atoms with Gasteiger partial charge < -0.3 is 15.4 Å². The summed E-state index contributed by atoms with van der Waals surface area (Å²) < 4.78 is 16.8. The Morgan fingerprint density at radius 3 is 2.60 bits per heavy atom. The maximum absolute atomic E-state index is 15.0. The van der Waals surface area contributed by atoms with Gasteiger partial charge in [-0.15, -0.1) is 0 Å². The van der Waals surface area contributed by atoms with Crippen molar-refractivity contribution < 1.29 is 14.3 Å². The molecule has 1 aromatic carbocycles. The first-order valence-corrected chi connectivity index (χ1v) is 9.60. The van der Waals surface area contributed by atoms with Gasteiger partial charge in [-0.1, -0.05) is 13.8 Å². The van der Waals surface area contributed by atoms with Crippen LogP contribution in [0.15, 0.2) is 29.3 Å². The molecule has 0 radical (unpaired) electrons. The van der Waals surface area contributed by atoms with Crippen molar-refractivity contribution in [1.82, 2.24) is 9.55 Å². The number of halogens is 1. The molecular weight excluding hydrogens is 387 g/mol. The van der Waals surface area contributed by atoms with Crippen LogP contribution in [0.1, 0.15) is 54.2 Å². The molecule has 30 heavy (non-hydrogen) atoms. The number of hydrogen-bond donors (Lipinski definition) is 2. The van der Waals surface area contributed by atoms with Crippen molar-refractivity contribution in [2.45, 2.75) is 39.7 Å². The van der Waals surface area contributed by atoms with Gasteiger partial charge in [-0.2, -0.15) is 5.26 Å². The topological polar surface area (TPSA) is 122 Å². The molecule has 4 rings (SSSR count). The lowest BCUT2D eigenvalue weighted by atomic mass is 9.96. The summed E-state index contributed by atoms with van der Waals surface area (Å²) in [6, 6.07) is 4.50. The molecule has 3 N–H and O–H groups in total. The Bertz CT molecular complexity index is 1270. The fourth-order valence-corrected chi connectivity index (χ4v) is 3.53. The second kappa shape index (κ2) is 7.95. The van der Waals surface area contributed by atoms with E-state index >= 15 is 4.39 Å². The van der Waals surface area contributed by atoms with Crippen molar-refractivity contribution in [1.29, 1.82) is 5.26 Å². The molecular formula is C22H21FN4O3. The van der Waals surface area contributed by atoms with E-state index in [1.807, 2.05) is 19.9 Å². The largest absolute Gasteiger partial charge is 0.477 e. The first kappa shape index (κ1) is 21.0. The van der Waals surface area contributed by atoms with Crippen LogP contribution in [-0.4, -0.2) is 20.6 Å². The summed E-state index contributed by atoms with van der Waals surface area (Å²) in [5.74, 6) is -1.99. The van der Waals surface area contributed by atoms with E-state index < -0.39 is 17.2 Å². The van der Waals surface area contributed by atoms with Crippen molar-refractivity contribution >= 4 is 22.7 Å². The van der Waals surface area contributed by atoms with Crippen LogP contribution in [0.25, 0.3) is 22.0 Å². The van der Waals surface area contributed by atoms with E-state index in [4.69, 9.17) is 5.73 Å². The van der Waals surface area contributed by atoms with Crippen LogP contribution in [0.5, 0.6) is 0 Å². The van der Waals surface area contributed by atoms with Crippen molar-refractivity contribution in [3.05, 3.63) is 57.3 Å². The Morgan fingerprint density at radius 1 is 1.37 bits per heavy atom. The van der Waals surface area contributed by atoms with Gasteiger partial charge in [-0.05, 0) is 37.5 Å². The summed E-state index contributed by atoms with van der Waals surface area (Å²) in [6.45, 7) is 5.67. The molecule has 2 aromatic heterocycles. The third-order valence-corrected chi connectivity index (χ3v) is 5.01. The smallest absolute Gasteiger partial charge is 0.341 e. The predicted octanol–water partition coefficient (Wildman–Crippen LogP) is 4.02. The van der Waals surface area contributed by atoms with Gasteiger partial charge in [0.05, 0.1) is 11.1 Å². The lowest BCUT2D eigenvalue weighted by Gasteiger charge is -2.17. The molecule has 0 aliphatic heterocycles. The molecule has 8 heteroatoms. The number of aryl methyl sites for hydroxylation is 1. The number of pyridine rings is 2. The number of nitrogens with zero attached hydrogens (tertiary/aromatic N) is 3. The first-order valence-electron chi connectivity index (χ1n) is 9.60. The van der Waals surface area contributed by atoms with Gasteiger partial charge in [-0.3, -0.25) is 4.79 Å². The fraction of sp³-hybridized carbons (Fsp3) is 0.273. The van der Waals surface area contributed by atoms with Crippen LogP contribution in [-0.2, 0) is 0 Å². The Hall–Kier alpha value is -3.73. The molecule has 1 aliphatic rings. The van der Waals surface area contributed by atoms with Gasteiger partial charge in [0, 0.05) is 34.9 Å². The molecule has 0 unspecified atom stereocenters. The van der Waals surface area contributed by atoms with Crippen molar-refractivity contribution in [3.8, 4) is 17.2 Å². The number of benzene rings is 1. The molecule has 0 spiro atoms. The van der Waals surface area contributed by atoms with E-state index in [1.165, 1.54) is 18.5 Å². The third kappa shape index (κ3) is 3.39. The number of carboxylic acid groups (broad SMARTS) is 1. The number of aromatic carboxylic acids is 1. The number of anilines is 1. The van der Waals surface area contributed by atoms with E-state index in [0.29, 0.717) is 16.6 Å². The van der Waals surface area contributed by atoms with Crippen LogP contribution < -0.4 is 11.2 Å². The maximum Gasteiger partial charge on any atom is 0.341 e. The molecule has 0 amide bonds. The van der Waals surface area contributed by atoms with Crippen molar-refractivity contribution in [3.63, 3.8) is 0 Å². The number of hydrogen-bond acceptors (Lipinski definition) is 5. The second-order valence-corrected chi connectivity index (χ2v) is 6.84. The molecule has 0 bridgehead atoms. The summed E-state index contributed by atoms with van der Waals surface area (Å²) in [6.07, 6.45) is 4.41. The number of nitriles is 1. The zero-order valence-electron chi connectivity index (χ0n) is 16.9. The monoisotopic (exact) mass is 408 g/mol. The van der Waals surface area contributed by atoms with Gasteiger partial charge in [-0.25, -0.2) is 14.2 Å². The van der Waals surface area contributed by atoms with Crippen LogP contribution in [0.4, 0.5) is 10.2 Å². The standard InChI is InChI=1S/C20H15FN4O3.C2H6/c1-9-16(11-4-10(6-22)19(23)24-7-11)15(21)5-13-17(9)25(12-2-3-12)8-14(18(13)26)20(27)28;1-2/h4-5,7-8,12H,2-3H2,1H3,(H2,23,24)(H,27,28);1-2H3. The highest BCUT2D eigenvalue weighted by atomic mass is 19.1. The Morgan fingerprint density at radius 2 is 2.03 bits per heavy atom. The number of nitrogen functional groups attached to an aromatic ring is 1. The Kier molecular flexibility index (Phi) is 5.56. The van der Waals surface area contributed by atoms with Gasteiger partial charge >= 0.3 is 5.97 Å². The minimum Gasteiger partial charge on any atom is -0.477 e. The minimum absolute atomic E-state index is 0.0226. The summed E-state index contributed by atoms with van der Waals surface area (Å²) >= 11 is 0. The van der Waals surface area contributed by atoms with E-state index in [1.54, 1.807) is 11.5 Å². The highest BCUT2D eigenvalue weighted by Gasteiger charge is 2.29. The predicted molar refractivity (Wildman–Crippen MR) is 112 cm³/mol. The van der Waals surface area contributed by atoms with Gasteiger partial charge in [0.15, 0.2) is 0 Å². The van der Waals surface area contributed by atoms with Gasteiger partial charge in [0.1, 0.15) is 23.3 Å². The normalized spacial score (nSPS) is 12.8. The van der Waals surface area contributed by atoms with Crippen LogP contribution in [0.3, 0.4) is 0 Å². The highest BCUT2D eigenvalue weighted by molar-refractivity contribution is 5.96. The average Bonchev–Trinajstić information content (AvgIpc) is 3.56. The number of carboxylic acids is 1. The number of rotatable bonds is 3. The fourth-order valence-electron chi connectivity index (χ4n) is 3.53. The molecule has 1 saturated carbocycles. The number of fused-ring (bicyclic) bond motifs is 1. The van der Waals surface area contributed by atoms with E-state index in [2.05, 4.69) is 4.98 Å². The van der Waals surface area contributed by atoms with Gasteiger partial charge in [0.2, 0.25) is 5.43 Å². The lowest BCUT2D eigenvalue weighted by molar-refractivity contribution is 0.0695. The third-order valence-electron chi connectivity index (χ3n) is 5.01. The average molecular weight is 408 g/mol. The zero-order chi connectivity index (χ0) is 22.2. The van der Waals surface area contributed by atoms with E-state index in [9.17, 15) is 20.0 Å². The van der Waals surface area contributed by atoms with Crippen LogP contribution >= 0.6 is 0 Å². The molecule has 7 nitrogen and oxygen atoms in total. The quantitative estimate of drug-likeness (QED) is 0.675. The number of nitrogens with two attached hydrogens (primary N) is 1. The van der Waals surface area contributed by atoms with Crippen LogP contribution in [0, 0.1) is 24.1 Å². The molecule has 154 valence electrons. The second-order valence-electron chi connectivity index (χ2n) is 6.84. The Labute approximate surface area is 172 Å². The SMILES string of the molecule is CC.Cc1c(-c2cnc(N)c(C#N)c2)c(F)cc2c(=O)c(C(=O)O)cn(C3CC3)c12. The van der Waals surface area contributed by atoms with E-state index in [-0.39, 0.29) is 33.9 Å². The maximum atomic E-state index is 15.0. The van der Waals surface area contributed by atoms with Crippen LogP contribution in [0.2, 0.25) is 0 Å². The van der Waals surface area contributed by atoms with E-state index in [0.717, 1.165) is 18.9 Å². The summed E-state index contributed by atoms with van der Waals surface area (Å²) in [5.41, 5.74) is 6.20. The van der Waals surface area contributed by atoms with Crippen molar-refractivity contribution in [2.75, 3.05) is 5.73 Å². The molecule has 3 aromatic rings. The molecule has 0 atom stereocenters. The number of carbonyl (C=O) groups is 1. The molecule has 2 heterocycles. The number of aromatic nitrogens is 2. The highest BCUT2D eigenvalue weighted by Crippen LogP contribution is 2.40. The minimum atomic E-state index is -1.34. The van der Waals surface area contributed by atoms with Gasteiger partial charge in [0.25, 0.3) is 0 Å².